The van der Waals surface area contributed by atoms with Crippen molar-refractivity contribution in [1.29, 1.82) is 0 Å². The molecule has 0 saturated heterocycles. The van der Waals surface area contributed by atoms with Crippen molar-refractivity contribution in [3.8, 4) is 0 Å². The summed E-state index contributed by atoms with van der Waals surface area (Å²) in [6, 6.07) is 0.251. The molecule has 6 nitrogen and oxygen atoms in total. The minimum Gasteiger partial charge on any atom is -0.368 e. The Hall–Kier alpha value is -1.08. The third-order valence-corrected chi connectivity index (χ3v) is 4.96. The van der Waals surface area contributed by atoms with E-state index >= 15 is 0 Å². The molecule has 0 bridgehead atoms. The Morgan fingerprint density at radius 3 is 2.95 bits per heavy atom. The molecule has 1 aliphatic carbocycles. The molecule has 118 valence electrons. The van der Waals surface area contributed by atoms with E-state index in [2.05, 4.69) is 34.3 Å². The highest BCUT2D eigenvalue weighted by Crippen LogP contribution is 2.39. The van der Waals surface area contributed by atoms with E-state index in [0.29, 0.717) is 5.92 Å². The lowest BCUT2D eigenvalue weighted by Gasteiger charge is -2.35. The van der Waals surface area contributed by atoms with Crippen LogP contribution in [0.3, 0.4) is 0 Å². The lowest BCUT2D eigenvalue weighted by Crippen LogP contribution is -2.60. The van der Waals surface area contributed by atoms with Crippen molar-refractivity contribution in [2.45, 2.75) is 63.2 Å². The molecule has 0 aliphatic heterocycles. The number of nitrogens with one attached hydrogen (secondary N) is 2. The molecular weight excluding hydrogens is 286 g/mol. The number of nitrogens with zero attached hydrogens (tertiary/aromatic N) is 2. The van der Waals surface area contributed by atoms with Crippen molar-refractivity contribution in [3.05, 3.63) is 5.82 Å². The Morgan fingerprint density at radius 2 is 2.38 bits per heavy atom. The number of aromatic amines is 1. The van der Waals surface area contributed by atoms with Gasteiger partial charge in [0.05, 0.1) is 0 Å². The monoisotopic (exact) mass is 311 g/mol. The summed E-state index contributed by atoms with van der Waals surface area (Å²) < 4.78 is 0. The summed E-state index contributed by atoms with van der Waals surface area (Å²) in [5.74, 6) is 1.81. The molecule has 1 aliphatic rings. The van der Waals surface area contributed by atoms with E-state index in [1.54, 1.807) is 11.8 Å². The number of carbonyl (C=O) groups is 1. The van der Waals surface area contributed by atoms with Gasteiger partial charge in [0.25, 0.3) is 0 Å². The quantitative estimate of drug-likeness (QED) is 0.665. The van der Waals surface area contributed by atoms with Gasteiger partial charge in [-0.05, 0) is 46.0 Å². The van der Waals surface area contributed by atoms with Crippen LogP contribution in [0.5, 0.6) is 0 Å². The lowest BCUT2D eigenvalue weighted by molar-refractivity contribution is -0.126. The number of aromatic nitrogens is 3. The number of aryl methyl sites for hydroxylation is 1. The Labute approximate surface area is 130 Å². The van der Waals surface area contributed by atoms with Gasteiger partial charge in [-0.3, -0.25) is 9.89 Å². The highest BCUT2D eigenvalue weighted by atomic mass is 32.2. The summed E-state index contributed by atoms with van der Waals surface area (Å²) in [6.45, 7) is 6.01. The number of nitrogens with two attached hydrogens (primary N) is 1. The van der Waals surface area contributed by atoms with Gasteiger partial charge in [-0.2, -0.15) is 0 Å². The molecule has 1 saturated carbocycles. The molecule has 4 N–H and O–H groups in total. The smallest absolute Gasteiger partial charge is 0.238 e. The number of primary amides is 1. The number of hydrogen-bond acceptors (Lipinski definition) is 5. The molecule has 1 aromatic heterocycles. The molecule has 7 heteroatoms. The van der Waals surface area contributed by atoms with Crippen molar-refractivity contribution >= 4 is 17.7 Å². The normalized spacial score (nSPS) is 25.6. The van der Waals surface area contributed by atoms with Gasteiger partial charge < -0.3 is 11.1 Å². The first-order valence-corrected chi connectivity index (χ1v) is 8.52. The second-order valence-electron chi connectivity index (χ2n) is 6.06. The number of amides is 1. The van der Waals surface area contributed by atoms with Crippen molar-refractivity contribution in [2.75, 3.05) is 5.75 Å². The van der Waals surface area contributed by atoms with Crippen LogP contribution in [0, 0.1) is 12.8 Å². The molecule has 0 aromatic carbocycles. The summed E-state index contributed by atoms with van der Waals surface area (Å²) in [6.07, 6.45) is 3.89. The Balaban J connectivity index is 1.95. The van der Waals surface area contributed by atoms with Gasteiger partial charge in [-0.1, -0.05) is 18.2 Å². The van der Waals surface area contributed by atoms with Crippen LogP contribution in [0.2, 0.25) is 0 Å². The van der Waals surface area contributed by atoms with Crippen LogP contribution in [-0.4, -0.2) is 38.4 Å². The van der Waals surface area contributed by atoms with Gasteiger partial charge >= 0.3 is 0 Å². The third kappa shape index (κ3) is 3.77. The van der Waals surface area contributed by atoms with E-state index in [-0.39, 0.29) is 11.9 Å². The van der Waals surface area contributed by atoms with Crippen LogP contribution >= 0.6 is 11.8 Å². The molecule has 1 aromatic rings. The summed E-state index contributed by atoms with van der Waals surface area (Å²) in [7, 11) is 0. The minimum absolute atomic E-state index is 0.211. The second kappa shape index (κ2) is 6.79. The average Bonchev–Trinajstić information content (AvgIpc) is 2.97. The number of carbonyl (C=O) groups excluding carboxylic acids is 1. The van der Waals surface area contributed by atoms with Crippen LogP contribution in [0.15, 0.2) is 5.16 Å². The minimum atomic E-state index is -0.538. The van der Waals surface area contributed by atoms with Crippen LogP contribution in [-0.2, 0) is 4.79 Å². The summed E-state index contributed by atoms with van der Waals surface area (Å²) in [5.41, 5.74) is 5.18. The number of hydrogen-bond donors (Lipinski definition) is 3. The average molecular weight is 311 g/mol. The van der Waals surface area contributed by atoms with Gasteiger partial charge in [-0.15, -0.1) is 5.10 Å². The maximum absolute atomic E-state index is 12.0. The largest absolute Gasteiger partial charge is 0.368 e. The first-order chi connectivity index (χ1) is 9.94. The zero-order chi connectivity index (χ0) is 15.5. The number of rotatable bonds is 7. The van der Waals surface area contributed by atoms with Gasteiger partial charge in [-0.25, -0.2) is 4.98 Å². The second-order valence-corrected chi connectivity index (χ2v) is 7.13. The Bertz CT molecular complexity index is 489. The van der Waals surface area contributed by atoms with E-state index in [1.165, 1.54) is 0 Å². The van der Waals surface area contributed by atoms with E-state index < -0.39 is 5.54 Å². The van der Waals surface area contributed by atoms with Crippen LogP contribution < -0.4 is 11.1 Å². The van der Waals surface area contributed by atoms with Gasteiger partial charge in [0, 0.05) is 11.8 Å². The fraction of sp³-hybridized carbons (Fsp3) is 0.786. The topological polar surface area (TPSA) is 96.7 Å². The summed E-state index contributed by atoms with van der Waals surface area (Å²) in [4.78, 5) is 16.3. The first kappa shape index (κ1) is 16.3. The third-order valence-electron chi connectivity index (χ3n) is 4.08. The molecule has 1 fully saturated rings. The van der Waals surface area contributed by atoms with E-state index in [0.717, 1.165) is 42.4 Å². The molecule has 1 amide bonds. The van der Waals surface area contributed by atoms with Gasteiger partial charge in [0.1, 0.15) is 11.4 Å². The lowest BCUT2D eigenvalue weighted by atomic mass is 9.83. The molecule has 0 spiro atoms. The Morgan fingerprint density at radius 1 is 1.62 bits per heavy atom. The number of thioether (sulfide) groups is 1. The molecule has 1 heterocycles. The number of H-pyrrole nitrogens is 1. The van der Waals surface area contributed by atoms with E-state index in [9.17, 15) is 4.79 Å². The zero-order valence-corrected chi connectivity index (χ0v) is 13.8. The SMILES string of the molecule is Cc1nc(SCCC2CCCC2(NC(C)C)C(N)=O)n[nH]1. The molecule has 2 unspecified atom stereocenters. The van der Waals surface area contributed by atoms with Gasteiger partial charge in [0.2, 0.25) is 11.1 Å². The standard InChI is InChI=1S/C14H25N5OS/c1-9(2)17-14(12(15)20)7-4-5-11(14)6-8-21-13-16-10(3)18-19-13/h9,11,17H,4-8H2,1-3H3,(H2,15,20)(H,16,18,19). The maximum atomic E-state index is 12.0. The van der Waals surface area contributed by atoms with Crippen molar-refractivity contribution in [3.63, 3.8) is 0 Å². The van der Waals surface area contributed by atoms with Gasteiger partial charge in [0.15, 0.2) is 0 Å². The molecular formula is C14H25N5OS. The molecule has 21 heavy (non-hydrogen) atoms. The highest BCUT2D eigenvalue weighted by Gasteiger charge is 2.47. The van der Waals surface area contributed by atoms with Crippen molar-refractivity contribution < 1.29 is 4.79 Å². The van der Waals surface area contributed by atoms with Crippen LogP contribution in [0.25, 0.3) is 0 Å². The molecule has 2 rings (SSSR count). The van der Waals surface area contributed by atoms with Crippen molar-refractivity contribution in [1.82, 2.24) is 20.5 Å². The maximum Gasteiger partial charge on any atom is 0.238 e. The summed E-state index contributed by atoms with van der Waals surface area (Å²) in [5, 5.41) is 11.2. The van der Waals surface area contributed by atoms with Crippen LogP contribution in [0.4, 0.5) is 0 Å². The van der Waals surface area contributed by atoms with Crippen molar-refractivity contribution in [2.24, 2.45) is 11.7 Å². The highest BCUT2D eigenvalue weighted by molar-refractivity contribution is 7.99. The first-order valence-electron chi connectivity index (χ1n) is 7.53. The van der Waals surface area contributed by atoms with E-state index in [1.807, 2.05) is 6.92 Å². The van der Waals surface area contributed by atoms with E-state index in [4.69, 9.17) is 5.73 Å². The zero-order valence-electron chi connectivity index (χ0n) is 13.0. The molecule has 0 radical (unpaired) electrons. The Kier molecular flexibility index (Phi) is 5.27. The molecule has 2 atom stereocenters. The summed E-state index contributed by atoms with van der Waals surface area (Å²) >= 11 is 1.63. The fourth-order valence-electron chi connectivity index (χ4n) is 3.25. The predicted octanol–water partition coefficient (Wildman–Crippen LogP) is 1.62. The predicted molar refractivity (Wildman–Crippen MR) is 84.0 cm³/mol. The fourth-order valence-corrected chi connectivity index (χ4v) is 4.15. The van der Waals surface area contributed by atoms with Crippen LogP contribution in [0.1, 0.15) is 45.4 Å².